The van der Waals surface area contributed by atoms with E-state index in [1.807, 2.05) is 36.0 Å². The van der Waals surface area contributed by atoms with Crippen LogP contribution in [0.25, 0.3) is 5.65 Å². The number of pyridine rings is 1. The molecule has 0 radical (unpaired) electrons. The molecule has 0 bridgehead atoms. The van der Waals surface area contributed by atoms with Crippen LogP contribution >= 0.6 is 23.4 Å². The first-order valence-corrected chi connectivity index (χ1v) is 9.32. The van der Waals surface area contributed by atoms with Gasteiger partial charge in [0.2, 0.25) is 0 Å². The third-order valence-electron chi connectivity index (χ3n) is 4.00. The van der Waals surface area contributed by atoms with Crippen molar-refractivity contribution in [3.05, 3.63) is 35.2 Å². The Bertz CT molecular complexity index is 699. The third kappa shape index (κ3) is 3.93. The lowest BCUT2D eigenvalue weighted by molar-refractivity contribution is 0.408. The van der Waals surface area contributed by atoms with Crippen molar-refractivity contribution in [2.24, 2.45) is 4.99 Å². The van der Waals surface area contributed by atoms with E-state index in [0.717, 1.165) is 36.1 Å². The van der Waals surface area contributed by atoms with E-state index in [1.165, 1.54) is 6.42 Å². The number of nitrogens with zero attached hydrogens (tertiary/aromatic N) is 4. The summed E-state index contributed by atoms with van der Waals surface area (Å²) >= 11 is 8.08. The predicted octanol–water partition coefficient (Wildman–Crippen LogP) is 2.89. The van der Waals surface area contributed by atoms with Crippen molar-refractivity contribution >= 4 is 35.0 Å². The summed E-state index contributed by atoms with van der Waals surface area (Å²) in [6.07, 6.45) is 5.07. The standard InChI is InChI=1S/C16H22ClN5S/c1-3-14-11-21(6-7-23-14)16(18-2)19-8-13-10-22-9-12(17)4-5-15(22)20-13/h4-5,9-10,14H,3,6-8,11H2,1-2H3,(H,18,19). The highest BCUT2D eigenvalue weighted by atomic mass is 35.5. The predicted molar refractivity (Wildman–Crippen MR) is 98.5 cm³/mol. The van der Waals surface area contributed by atoms with Gasteiger partial charge in [0.25, 0.3) is 0 Å². The number of hydrogen-bond donors (Lipinski definition) is 1. The molecule has 3 heterocycles. The van der Waals surface area contributed by atoms with Crippen LogP contribution in [-0.2, 0) is 6.54 Å². The van der Waals surface area contributed by atoms with Crippen LogP contribution in [-0.4, -0.2) is 51.4 Å². The molecule has 5 nitrogen and oxygen atoms in total. The first-order chi connectivity index (χ1) is 11.2. The van der Waals surface area contributed by atoms with E-state index in [0.29, 0.717) is 16.8 Å². The highest BCUT2D eigenvalue weighted by Crippen LogP contribution is 2.21. The third-order valence-corrected chi connectivity index (χ3v) is 5.59. The summed E-state index contributed by atoms with van der Waals surface area (Å²) in [5, 5.41) is 4.84. The van der Waals surface area contributed by atoms with Gasteiger partial charge in [0.05, 0.1) is 17.3 Å². The lowest BCUT2D eigenvalue weighted by Gasteiger charge is -2.34. The average molecular weight is 352 g/mol. The topological polar surface area (TPSA) is 44.9 Å². The second-order valence-electron chi connectivity index (χ2n) is 5.59. The number of imidazole rings is 1. The minimum atomic E-state index is 0.659. The van der Waals surface area contributed by atoms with Crippen LogP contribution in [0.4, 0.5) is 0 Å². The van der Waals surface area contributed by atoms with Gasteiger partial charge in [-0.05, 0) is 18.6 Å². The summed E-state index contributed by atoms with van der Waals surface area (Å²) in [7, 11) is 1.84. The van der Waals surface area contributed by atoms with Crippen LogP contribution in [0.5, 0.6) is 0 Å². The monoisotopic (exact) mass is 351 g/mol. The smallest absolute Gasteiger partial charge is 0.194 e. The molecule has 124 valence electrons. The molecule has 23 heavy (non-hydrogen) atoms. The molecule has 0 aliphatic carbocycles. The molecule has 1 saturated heterocycles. The van der Waals surface area contributed by atoms with Gasteiger partial charge < -0.3 is 14.6 Å². The molecule has 2 aromatic heterocycles. The first-order valence-electron chi connectivity index (χ1n) is 7.90. The van der Waals surface area contributed by atoms with Crippen LogP contribution in [0.15, 0.2) is 29.5 Å². The largest absolute Gasteiger partial charge is 0.351 e. The molecule has 0 spiro atoms. The number of hydrogen-bond acceptors (Lipinski definition) is 3. The van der Waals surface area contributed by atoms with Gasteiger partial charge in [0, 0.05) is 43.5 Å². The van der Waals surface area contributed by atoms with Gasteiger partial charge in [-0.1, -0.05) is 18.5 Å². The van der Waals surface area contributed by atoms with E-state index in [4.69, 9.17) is 11.6 Å². The highest BCUT2D eigenvalue weighted by molar-refractivity contribution is 8.00. The van der Waals surface area contributed by atoms with Gasteiger partial charge in [-0.3, -0.25) is 4.99 Å². The number of nitrogens with one attached hydrogen (secondary N) is 1. The fraction of sp³-hybridized carbons (Fsp3) is 0.500. The number of halogens is 1. The van der Waals surface area contributed by atoms with Crippen LogP contribution in [0, 0.1) is 0 Å². The van der Waals surface area contributed by atoms with Crippen molar-refractivity contribution < 1.29 is 0 Å². The molecular formula is C16H22ClN5S. The number of fused-ring (bicyclic) bond motifs is 1. The van der Waals surface area contributed by atoms with Gasteiger partial charge in [-0.25, -0.2) is 4.98 Å². The Morgan fingerprint density at radius 1 is 1.48 bits per heavy atom. The quantitative estimate of drug-likeness (QED) is 0.682. The minimum absolute atomic E-state index is 0.659. The minimum Gasteiger partial charge on any atom is -0.351 e. The van der Waals surface area contributed by atoms with E-state index in [1.54, 1.807) is 0 Å². The Hall–Kier alpha value is -1.40. The molecule has 1 unspecified atom stereocenters. The summed E-state index contributed by atoms with van der Waals surface area (Å²) in [6, 6.07) is 3.78. The Morgan fingerprint density at radius 2 is 2.35 bits per heavy atom. The zero-order valence-electron chi connectivity index (χ0n) is 13.5. The van der Waals surface area contributed by atoms with Crippen molar-refractivity contribution in [1.82, 2.24) is 19.6 Å². The molecule has 7 heteroatoms. The molecule has 1 aliphatic heterocycles. The molecule has 3 rings (SSSR count). The Labute approximate surface area is 146 Å². The summed E-state index contributed by atoms with van der Waals surface area (Å²) in [4.78, 5) is 11.4. The number of aliphatic imine (C=N–C) groups is 1. The van der Waals surface area contributed by atoms with E-state index in [9.17, 15) is 0 Å². The first kappa shape index (κ1) is 16.5. The Kier molecular flexibility index (Phi) is 5.33. The zero-order chi connectivity index (χ0) is 16.2. The molecular weight excluding hydrogens is 330 g/mol. The van der Waals surface area contributed by atoms with Crippen LogP contribution in [0.1, 0.15) is 19.0 Å². The SMILES string of the molecule is CCC1CN(C(=NC)NCc2cn3cc(Cl)ccc3n2)CCS1. The van der Waals surface area contributed by atoms with Crippen molar-refractivity contribution in [3.63, 3.8) is 0 Å². The van der Waals surface area contributed by atoms with Gasteiger partial charge >= 0.3 is 0 Å². The van der Waals surface area contributed by atoms with Gasteiger partial charge in [-0.2, -0.15) is 11.8 Å². The maximum Gasteiger partial charge on any atom is 0.194 e. The maximum atomic E-state index is 6.01. The normalized spacial score (nSPS) is 19.3. The Balaban J connectivity index is 1.65. The number of rotatable bonds is 3. The fourth-order valence-corrected chi connectivity index (χ4v) is 4.11. The van der Waals surface area contributed by atoms with E-state index in [2.05, 4.69) is 38.9 Å². The van der Waals surface area contributed by atoms with Crippen LogP contribution < -0.4 is 5.32 Å². The number of aromatic nitrogens is 2. The van der Waals surface area contributed by atoms with Gasteiger partial charge in [0.1, 0.15) is 5.65 Å². The molecule has 1 atom stereocenters. The number of thioether (sulfide) groups is 1. The molecule has 0 saturated carbocycles. The molecule has 0 amide bonds. The zero-order valence-corrected chi connectivity index (χ0v) is 15.1. The second-order valence-corrected chi connectivity index (χ2v) is 7.44. The maximum absolute atomic E-state index is 6.01. The van der Waals surface area contributed by atoms with E-state index in [-0.39, 0.29) is 0 Å². The highest BCUT2D eigenvalue weighted by Gasteiger charge is 2.21. The van der Waals surface area contributed by atoms with Crippen molar-refractivity contribution in [2.45, 2.75) is 25.1 Å². The fourth-order valence-electron chi connectivity index (χ4n) is 2.76. The summed E-state index contributed by atoms with van der Waals surface area (Å²) < 4.78 is 1.95. The molecule has 0 aromatic carbocycles. The van der Waals surface area contributed by atoms with Crippen molar-refractivity contribution in [2.75, 3.05) is 25.9 Å². The lowest BCUT2D eigenvalue weighted by Crippen LogP contribution is -2.47. The lowest BCUT2D eigenvalue weighted by atomic mass is 10.3. The second kappa shape index (κ2) is 7.45. The summed E-state index contributed by atoms with van der Waals surface area (Å²) in [5.41, 5.74) is 1.88. The van der Waals surface area contributed by atoms with Crippen LogP contribution in [0.2, 0.25) is 5.02 Å². The molecule has 1 fully saturated rings. The van der Waals surface area contributed by atoms with Gasteiger partial charge in [0.15, 0.2) is 5.96 Å². The molecule has 2 aromatic rings. The summed E-state index contributed by atoms with van der Waals surface area (Å²) in [6.45, 7) is 5.01. The van der Waals surface area contributed by atoms with Crippen molar-refractivity contribution in [1.29, 1.82) is 0 Å². The Morgan fingerprint density at radius 3 is 3.13 bits per heavy atom. The summed E-state index contributed by atoms with van der Waals surface area (Å²) in [5.74, 6) is 2.12. The van der Waals surface area contributed by atoms with Crippen LogP contribution in [0.3, 0.4) is 0 Å². The van der Waals surface area contributed by atoms with Crippen molar-refractivity contribution in [3.8, 4) is 0 Å². The van der Waals surface area contributed by atoms with E-state index >= 15 is 0 Å². The molecule has 1 aliphatic rings. The van der Waals surface area contributed by atoms with Gasteiger partial charge in [-0.15, -0.1) is 0 Å². The molecule has 1 N–H and O–H groups in total. The average Bonchev–Trinajstić information content (AvgIpc) is 2.97. The number of guanidine groups is 1. The van der Waals surface area contributed by atoms with E-state index < -0.39 is 0 Å².